The summed E-state index contributed by atoms with van der Waals surface area (Å²) in [5, 5.41) is 0. The molecule has 164 valence electrons. The van der Waals surface area contributed by atoms with Crippen molar-refractivity contribution in [2.24, 2.45) is 0 Å². The van der Waals surface area contributed by atoms with E-state index < -0.39 is 9.84 Å². The third-order valence-electron chi connectivity index (χ3n) is 5.32. The van der Waals surface area contributed by atoms with Gasteiger partial charge in [0, 0.05) is 56.9 Å². The Morgan fingerprint density at radius 1 is 1.10 bits per heavy atom. The number of carbonyl (C=O) groups is 1. The van der Waals surface area contributed by atoms with E-state index in [0.717, 1.165) is 11.3 Å². The molecule has 1 amide bonds. The van der Waals surface area contributed by atoms with Crippen LogP contribution in [0.4, 0.5) is 0 Å². The van der Waals surface area contributed by atoms with Gasteiger partial charge in [0.25, 0.3) is 5.91 Å². The lowest BCUT2D eigenvalue weighted by atomic mass is 10.1. The highest BCUT2D eigenvalue weighted by molar-refractivity contribution is 7.90. The zero-order valence-electron chi connectivity index (χ0n) is 17.5. The van der Waals surface area contributed by atoms with Crippen LogP contribution in [0, 0.1) is 0 Å². The van der Waals surface area contributed by atoms with Crippen LogP contribution in [0.25, 0.3) is 5.65 Å². The van der Waals surface area contributed by atoms with Crippen molar-refractivity contribution in [1.82, 2.24) is 19.2 Å². The van der Waals surface area contributed by atoms with E-state index in [1.807, 2.05) is 47.1 Å². The topological polar surface area (TPSA) is 84.2 Å². The molecule has 0 N–H and O–H groups in total. The standard InChI is InChI=1S/C22H26N4O4S/c1-31(28,29)14-13-24-9-11-25(12-10-24)22(27)18-5-4-6-20(15-18)30-17-19-16-26-8-3-2-7-21(26)23-19/h2-8,15-16H,9-14,17H2,1H3. The van der Waals surface area contributed by atoms with Crippen LogP contribution in [-0.4, -0.2) is 78.2 Å². The lowest BCUT2D eigenvalue weighted by Crippen LogP contribution is -2.49. The van der Waals surface area contributed by atoms with Crippen molar-refractivity contribution in [3.63, 3.8) is 0 Å². The van der Waals surface area contributed by atoms with Crippen LogP contribution in [-0.2, 0) is 16.4 Å². The number of pyridine rings is 1. The molecule has 0 spiro atoms. The highest BCUT2D eigenvalue weighted by atomic mass is 32.2. The molecule has 0 unspecified atom stereocenters. The Hall–Kier alpha value is -2.91. The summed E-state index contributed by atoms with van der Waals surface area (Å²) in [5.74, 6) is 0.725. The monoisotopic (exact) mass is 442 g/mol. The highest BCUT2D eigenvalue weighted by Crippen LogP contribution is 2.18. The number of aromatic nitrogens is 2. The maximum absolute atomic E-state index is 12.9. The molecule has 0 saturated carbocycles. The number of imidazole rings is 1. The molecule has 0 atom stereocenters. The van der Waals surface area contributed by atoms with Crippen molar-refractivity contribution in [1.29, 1.82) is 0 Å². The van der Waals surface area contributed by atoms with E-state index in [9.17, 15) is 13.2 Å². The molecule has 3 heterocycles. The number of hydrogen-bond donors (Lipinski definition) is 0. The van der Waals surface area contributed by atoms with Gasteiger partial charge in [-0.1, -0.05) is 12.1 Å². The normalized spacial score (nSPS) is 15.3. The third-order valence-corrected chi connectivity index (χ3v) is 6.24. The van der Waals surface area contributed by atoms with Crippen LogP contribution in [0.5, 0.6) is 5.75 Å². The zero-order valence-corrected chi connectivity index (χ0v) is 18.3. The molecule has 1 saturated heterocycles. The fourth-order valence-electron chi connectivity index (χ4n) is 3.58. The fourth-order valence-corrected chi connectivity index (χ4v) is 4.17. The maximum atomic E-state index is 12.9. The number of rotatable bonds is 7. The Bertz CT molecular complexity index is 1130. The number of hydrogen-bond acceptors (Lipinski definition) is 6. The second kappa shape index (κ2) is 9.07. The second-order valence-electron chi connectivity index (χ2n) is 7.78. The van der Waals surface area contributed by atoms with Gasteiger partial charge < -0.3 is 14.0 Å². The molecule has 0 radical (unpaired) electrons. The van der Waals surface area contributed by atoms with Crippen LogP contribution in [0.2, 0.25) is 0 Å². The summed E-state index contributed by atoms with van der Waals surface area (Å²) in [6.45, 7) is 3.33. The molecule has 1 fully saturated rings. The molecule has 1 aliphatic heterocycles. The Morgan fingerprint density at radius 3 is 2.65 bits per heavy atom. The van der Waals surface area contributed by atoms with Crippen molar-refractivity contribution in [2.75, 3.05) is 44.7 Å². The average molecular weight is 443 g/mol. The number of nitrogens with zero attached hydrogens (tertiary/aromatic N) is 4. The van der Waals surface area contributed by atoms with Crippen molar-refractivity contribution in [3.8, 4) is 5.75 Å². The number of piperazine rings is 1. The number of fused-ring (bicyclic) bond motifs is 1. The van der Waals surface area contributed by atoms with Crippen molar-refractivity contribution < 1.29 is 17.9 Å². The van der Waals surface area contributed by atoms with Crippen LogP contribution in [0.15, 0.2) is 54.9 Å². The summed E-state index contributed by atoms with van der Waals surface area (Å²) in [7, 11) is -2.98. The minimum Gasteiger partial charge on any atom is -0.487 e. The van der Waals surface area contributed by atoms with Crippen molar-refractivity contribution >= 4 is 21.4 Å². The zero-order chi connectivity index (χ0) is 21.8. The van der Waals surface area contributed by atoms with E-state index >= 15 is 0 Å². The van der Waals surface area contributed by atoms with Gasteiger partial charge >= 0.3 is 0 Å². The van der Waals surface area contributed by atoms with Crippen LogP contribution < -0.4 is 4.74 Å². The van der Waals surface area contributed by atoms with E-state index in [-0.39, 0.29) is 11.7 Å². The smallest absolute Gasteiger partial charge is 0.254 e. The number of carbonyl (C=O) groups excluding carboxylic acids is 1. The van der Waals surface area contributed by atoms with Gasteiger partial charge in [0.05, 0.1) is 11.4 Å². The maximum Gasteiger partial charge on any atom is 0.254 e. The van der Waals surface area contributed by atoms with E-state index in [4.69, 9.17) is 4.74 Å². The predicted molar refractivity (Wildman–Crippen MR) is 118 cm³/mol. The van der Waals surface area contributed by atoms with Crippen LogP contribution in [0.1, 0.15) is 16.1 Å². The molecular formula is C22H26N4O4S. The van der Waals surface area contributed by atoms with Crippen molar-refractivity contribution in [3.05, 3.63) is 66.1 Å². The van der Waals surface area contributed by atoms with Gasteiger partial charge in [-0.05, 0) is 30.3 Å². The molecule has 3 aromatic rings. The lowest BCUT2D eigenvalue weighted by Gasteiger charge is -2.34. The van der Waals surface area contributed by atoms with Gasteiger partial charge in [0.1, 0.15) is 27.8 Å². The Balaban J connectivity index is 1.33. The predicted octanol–water partition coefficient (Wildman–Crippen LogP) is 1.72. The van der Waals surface area contributed by atoms with Gasteiger partial charge in [0.2, 0.25) is 0 Å². The summed E-state index contributed by atoms with van der Waals surface area (Å²) in [6, 6.07) is 13.0. The molecule has 4 rings (SSSR count). The minimum atomic E-state index is -2.98. The second-order valence-corrected chi connectivity index (χ2v) is 10.0. The molecule has 0 aliphatic carbocycles. The SMILES string of the molecule is CS(=O)(=O)CCN1CCN(C(=O)c2cccc(OCc3cn4ccccc4n3)c2)CC1. The highest BCUT2D eigenvalue weighted by Gasteiger charge is 2.23. The van der Waals surface area contributed by atoms with Gasteiger partial charge in [-0.25, -0.2) is 13.4 Å². The molecule has 31 heavy (non-hydrogen) atoms. The summed E-state index contributed by atoms with van der Waals surface area (Å²) < 4.78 is 30.5. The molecular weight excluding hydrogens is 416 g/mol. The van der Waals surface area contributed by atoms with E-state index in [2.05, 4.69) is 9.88 Å². The Kier molecular flexibility index (Phi) is 6.24. The molecule has 9 heteroatoms. The Morgan fingerprint density at radius 2 is 1.90 bits per heavy atom. The van der Waals surface area contributed by atoms with Gasteiger partial charge in [-0.15, -0.1) is 0 Å². The fraction of sp³-hybridized carbons (Fsp3) is 0.364. The number of ether oxygens (including phenoxy) is 1. The van der Waals surface area contributed by atoms with Crippen LogP contribution in [0.3, 0.4) is 0 Å². The third kappa shape index (κ3) is 5.62. The van der Waals surface area contributed by atoms with Gasteiger partial charge in [-0.3, -0.25) is 9.69 Å². The lowest BCUT2D eigenvalue weighted by molar-refractivity contribution is 0.0643. The van der Waals surface area contributed by atoms with Crippen LogP contribution >= 0.6 is 0 Å². The molecule has 1 aliphatic rings. The molecule has 8 nitrogen and oxygen atoms in total. The first-order chi connectivity index (χ1) is 14.9. The summed E-state index contributed by atoms with van der Waals surface area (Å²) in [6.07, 6.45) is 5.11. The van der Waals surface area contributed by atoms with E-state index in [0.29, 0.717) is 50.6 Å². The summed E-state index contributed by atoms with van der Waals surface area (Å²) in [5.41, 5.74) is 2.26. The molecule has 0 bridgehead atoms. The number of amides is 1. The van der Waals surface area contributed by atoms with E-state index in [1.54, 1.807) is 17.0 Å². The summed E-state index contributed by atoms with van der Waals surface area (Å²) in [4.78, 5) is 21.3. The first-order valence-electron chi connectivity index (χ1n) is 10.2. The average Bonchev–Trinajstić information content (AvgIpc) is 3.19. The van der Waals surface area contributed by atoms with Gasteiger partial charge in [-0.2, -0.15) is 0 Å². The van der Waals surface area contributed by atoms with Crippen molar-refractivity contribution in [2.45, 2.75) is 6.61 Å². The number of benzene rings is 1. The Labute approximate surface area is 182 Å². The first kappa shape index (κ1) is 21.3. The quantitative estimate of drug-likeness (QED) is 0.554. The first-order valence-corrected chi connectivity index (χ1v) is 12.3. The molecule has 1 aromatic carbocycles. The molecule has 2 aromatic heterocycles. The minimum absolute atomic E-state index is 0.0408. The largest absolute Gasteiger partial charge is 0.487 e. The summed E-state index contributed by atoms with van der Waals surface area (Å²) >= 11 is 0. The van der Waals surface area contributed by atoms with Gasteiger partial charge in [0.15, 0.2) is 0 Å². The van der Waals surface area contributed by atoms with E-state index in [1.165, 1.54) is 6.26 Å². The number of sulfone groups is 1.